The quantitative estimate of drug-likeness (QED) is 0.663. The summed E-state index contributed by atoms with van der Waals surface area (Å²) in [5.41, 5.74) is 1.73. The fourth-order valence-electron chi connectivity index (χ4n) is 1.89. The molecule has 0 aliphatic carbocycles. The van der Waals surface area contributed by atoms with E-state index in [0.717, 1.165) is 5.56 Å². The van der Waals surface area contributed by atoms with E-state index in [4.69, 9.17) is 0 Å². The van der Waals surface area contributed by atoms with Gasteiger partial charge in [0.2, 0.25) is 5.95 Å². The van der Waals surface area contributed by atoms with Gasteiger partial charge < -0.3 is 10.3 Å². The molecule has 6 nitrogen and oxygen atoms in total. The second kappa shape index (κ2) is 4.56. The number of anilines is 1. The van der Waals surface area contributed by atoms with Crippen molar-refractivity contribution in [3.05, 3.63) is 52.1 Å². The van der Waals surface area contributed by atoms with Crippen molar-refractivity contribution in [1.29, 1.82) is 0 Å². The Morgan fingerprint density at radius 2 is 1.95 bits per heavy atom. The normalized spacial score (nSPS) is 10.8. The van der Waals surface area contributed by atoms with Gasteiger partial charge >= 0.3 is 0 Å². The second-order valence-electron chi connectivity index (χ2n) is 4.27. The maximum absolute atomic E-state index is 11.8. The van der Waals surface area contributed by atoms with Crippen LogP contribution in [0.1, 0.15) is 11.4 Å². The molecule has 0 bridgehead atoms. The van der Waals surface area contributed by atoms with E-state index in [2.05, 4.69) is 25.3 Å². The van der Waals surface area contributed by atoms with Crippen LogP contribution in [0.3, 0.4) is 0 Å². The first kappa shape index (κ1) is 11.5. The SMILES string of the molecule is Cc1nc2nc(NCc3ccccc3)[nH]c(=O)c2[nH]1. The van der Waals surface area contributed by atoms with Crippen LogP contribution in [0.15, 0.2) is 35.1 Å². The second-order valence-corrected chi connectivity index (χ2v) is 4.27. The highest BCUT2D eigenvalue weighted by atomic mass is 16.1. The summed E-state index contributed by atoms with van der Waals surface area (Å²) < 4.78 is 0. The number of imidazole rings is 1. The maximum atomic E-state index is 11.8. The molecule has 0 aliphatic heterocycles. The zero-order valence-corrected chi connectivity index (χ0v) is 10.4. The average Bonchev–Trinajstić information content (AvgIpc) is 2.79. The molecule has 96 valence electrons. The Hall–Kier alpha value is -2.63. The Bertz CT molecular complexity index is 760. The third-order valence-electron chi connectivity index (χ3n) is 2.78. The molecule has 0 amide bonds. The number of hydrogen-bond donors (Lipinski definition) is 3. The van der Waals surface area contributed by atoms with Crippen LogP contribution >= 0.6 is 0 Å². The first-order valence-corrected chi connectivity index (χ1v) is 5.97. The predicted octanol–water partition coefficient (Wildman–Crippen LogP) is 1.57. The Balaban J connectivity index is 1.87. The molecule has 3 N–H and O–H groups in total. The smallest absolute Gasteiger partial charge is 0.278 e. The molecule has 0 saturated heterocycles. The highest BCUT2D eigenvalue weighted by molar-refractivity contribution is 5.70. The van der Waals surface area contributed by atoms with Crippen molar-refractivity contribution in [3.63, 3.8) is 0 Å². The van der Waals surface area contributed by atoms with Crippen molar-refractivity contribution in [2.24, 2.45) is 0 Å². The summed E-state index contributed by atoms with van der Waals surface area (Å²) in [6.07, 6.45) is 0. The first-order valence-electron chi connectivity index (χ1n) is 5.97. The third kappa shape index (κ3) is 2.33. The van der Waals surface area contributed by atoms with Gasteiger partial charge in [-0.3, -0.25) is 9.78 Å². The molecule has 0 saturated carbocycles. The summed E-state index contributed by atoms with van der Waals surface area (Å²) >= 11 is 0. The molecule has 0 aliphatic rings. The molecule has 19 heavy (non-hydrogen) atoms. The number of fused-ring (bicyclic) bond motifs is 1. The number of nitrogens with one attached hydrogen (secondary N) is 3. The molecule has 2 heterocycles. The lowest BCUT2D eigenvalue weighted by Crippen LogP contribution is -2.13. The van der Waals surface area contributed by atoms with Crippen LogP contribution in [0.5, 0.6) is 0 Å². The minimum Gasteiger partial charge on any atom is -0.352 e. The van der Waals surface area contributed by atoms with E-state index < -0.39 is 0 Å². The van der Waals surface area contributed by atoms with Gasteiger partial charge in [0.25, 0.3) is 5.56 Å². The molecule has 0 fully saturated rings. The number of hydrogen-bond acceptors (Lipinski definition) is 4. The third-order valence-corrected chi connectivity index (χ3v) is 2.78. The number of H-pyrrole nitrogens is 2. The molecule has 0 atom stereocenters. The van der Waals surface area contributed by atoms with E-state index in [-0.39, 0.29) is 5.56 Å². The largest absolute Gasteiger partial charge is 0.352 e. The van der Waals surface area contributed by atoms with Crippen LogP contribution in [0, 0.1) is 6.92 Å². The summed E-state index contributed by atoms with van der Waals surface area (Å²) in [6, 6.07) is 9.90. The van der Waals surface area contributed by atoms with E-state index >= 15 is 0 Å². The van der Waals surface area contributed by atoms with E-state index in [9.17, 15) is 4.79 Å². The Labute approximate surface area is 108 Å². The molecule has 6 heteroatoms. The number of rotatable bonds is 3. The average molecular weight is 255 g/mol. The van der Waals surface area contributed by atoms with Crippen molar-refractivity contribution >= 4 is 17.1 Å². The van der Waals surface area contributed by atoms with Gasteiger partial charge in [0.05, 0.1) is 0 Å². The number of aryl methyl sites for hydroxylation is 1. The lowest BCUT2D eigenvalue weighted by molar-refractivity contribution is 1.05. The molecular weight excluding hydrogens is 242 g/mol. The number of aromatic nitrogens is 4. The van der Waals surface area contributed by atoms with Crippen molar-refractivity contribution in [1.82, 2.24) is 19.9 Å². The zero-order valence-electron chi connectivity index (χ0n) is 10.4. The predicted molar refractivity (Wildman–Crippen MR) is 73.0 cm³/mol. The van der Waals surface area contributed by atoms with Crippen molar-refractivity contribution in [2.75, 3.05) is 5.32 Å². The van der Waals surface area contributed by atoms with Crippen LogP contribution in [0.2, 0.25) is 0 Å². The van der Waals surface area contributed by atoms with Gasteiger partial charge in [-0.2, -0.15) is 4.98 Å². The Kier molecular flexibility index (Phi) is 2.75. The van der Waals surface area contributed by atoms with Gasteiger partial charge in [-0.1, -0.05) is 30.3 Å². The van der Waals surface area contributed by atoms with Crippen molar-refractivity contribution in [2.45, 2.75) is 13.5 Å². The van der Waals surface area contributed by atoms with Gasteiger partial charge in [0.1, 0.15) is 5.82 Å². The summed E-state index contributed by atoms with van der Waals surface area (Å²) in [7, 11) is 0. The van der Waals surface area contributed by atoms with Gasteiger partial charge in [-0.25, -0.2) is 4.98 Å². The van der Waals surface area contributed by atoms with Gasteiger partial charge in [-0.05, 0) is 12.5 Å². The molecule has 0 spiro atoms. The highest BCUT2D eigenvalue weighted by Crippen LogP contribution is 2.07. The zero-order chi connectivity index (χ0) is 13.2. The summed E-state index contributed by atoms with van der Waals surface area (Å²) in [6.45, 7) is 2.39. The number of benzene rings is 1. The number of nitrogens with zero attached hydrogens (tertiary/aromatic N) is 2. The van der Waals surface area contributed by atoms with Crippen molar-refractivity contribution in [3.8, 4) is 0 Å². The fourth-order valence-corrected chi connectivity index (χ4v) is 1.89. The molecule has 2 aromatic heterocycles. The standard InChI is InChI=1S/C13H13N5O/c1-8-15-10-11(16-8)17-13(18-12(10)19)14-7-9-5-3-2-4-6-9/h2-6H,7H2,1H3,(H3,14,15,16,17,18,19). The lowest BCUT2D eigenvalue weighted by Gasteiger charge is -2.04. The molecule has 0 radical (unpaired) electrons. The Morgan fingerprint density at radius 3 is 2.74 bits per heavy atom. The molecule has 1 aromatic carbocycles. The topological polar surface area (TPSA) is 86.5 Å². The molecule has 3 aromatic rings. The molecule has 3 rings (SSSR count). The van der Waals surface area contributed by atoms with Crippen LogP contribution in [-0.4, -0.2) is 19.9 Å². The van der Waals surface area contributed by atoms with E-state index in [1.165, 1.54) is 0 Å². The minimum absolute atomic E-state index is 0.221. The van der Waals surface area contributed by atoms with E-state index in [1.54, 1.807) is 6.92 Å². The monoisotopic (exact) mass is 255 g/mol. The van der Waals surface area contributed by atoms with Gasteiger partial charge in [-0.15, -0.1) is 0 Å². The Morgan fingerprint density at radius 1 is 1.16 bits per heavy atom. The lowest BCUT2D eigenvalue weighted by atomic mass is 10.2. The first-order chi connectivity index (χ1) is 9.22. The van der Waals surface area contributed by atoms with Crippen LogP contribution in [-0.2, 0) is 6.54 Å². The van der Waals surface area contributed by atoms with Gasteiger partial charge in [0, 0.05) is 6.54 Å². The molecular formula is C13H13N5O. The summed E-state index contributed by atoms with van der Waals surface area (Å²) in [5, 5.41) is 3.08. The fraction of sp³-hybridized carbons (Fsp3) is 0.154. The van der Waals surface area contributed by atoms with Crippen LogP contribution < -0.4 is 10.9 Å². The van der Waals surface area contributed by atoms with Crippen LogP contribution in [0.25, 0.3) is 11.2 Å². The molecule has 0 unspecified atom stereocenters. The van der Waals surface area contributed by atoms with E-state index in [1.807, 2.05) is 30.3 Å². The summed E-state index contributed by atoms with van der Waals surface area (Å²) in [4.78, 5) is 25.8. The maximum Gasteiger partial charge on any atom is 0.278 e. The highest BCUT2D eigenvalue weighted by Gasteiger charge is 2.07. The van der Waals surface area contributed by atoms with E-state index in [0.29, 0.717) is 29.5 Å². The minimum atomic E-state index is -0.221. The van der Waals surface area contributed by atoms with Crippen LogP contribution in [0.4, 0.5) is 5.95 Å². The number of aromatic amines is 2. The van der Waals surface area contributed by atoms with Gasteiger partial charge in [0.15, 0.2) is 11.2 Å². The summed E-state index contributed by atoms with van der Waals surface area (Å²) in [5.74, 6) is 1.10. The van der Waals surface area contributed by atoms with Crippen molar-refractivity contribution < 1.29 is 0 Å².